The molecule has 0 aliphatic carbocycles. The molecule has 10 heteroatoms. The Morgan fingerprint density at radius 1 is 0.925 bits per heavy atom. The van der Waals surface area contributed by atoms with E-state index in [9.17, 15) is 18.0 Å². The maximum Gasteiger partial charge on any atom is 0.264 e. The van der Waals surface area contributed by atoms with Crippen LogP contribution in [-0.4, -0.2) is 44.3 Å². The van der Waals surface area contributed by atoms with Gasteiger partial charge in [0.25, 0.3) is 10.0 Å². The van der Waals surface area contributed by atoms with E-state index >= 15 is 0 Å². The van der Waals surface area contributed by atoms with Crippen molar-refractivity contribution in [2.75, 3.05) is 17.4 Å². The van der Waals surface area contributed by atoms with Crippen LogP contribution < -0.4 is 9.62 Å². The summed E-state index contributed by atoms with van der Waals surface area (Å²) in [6.07, 6.45) is 0.338. The van der Waals surface area contributed by atoms with Gasteiger partial charge in [0.05, 0.1) is 10.6 Å². The quantitative estimate of drug-likeness (QED) is 0.272. The highest BCUT2D eigenvalue weighted by molar-refractivity contribution is 7.92. The van der Waals surface area contributed by atoms with Crippen LogP contribution in [0.15, 0.2) is 77.7 Å². The highest BCUT2D eigenvalue weighted by atomic mass is 35.5. The largest absolute Gasteiger partial charge is 0.354 e. The molecule has 0 saturated carbocycles. The first kappa shape index (κ1) is 31.5. The van der Waals surface area contributed by atoms with Crippen LogP contribution in [0.1, 0.15) is 38.3 Å². The molecule has 1 unspecified atom stereocenters. The van der Waals surface area contributed by atoms with Crippen LogP contribution in [0.4, 0.5) is 5.69 Å². The van der Waals surface area contributed by atoms with Gasteiger partial charge in [0, 0.05) is 23.1 Å². The Morgan fingerprint density at radius 2 is 1.57 bits per heavy atom. The van der Waals surface area contributed by atoms with Crippen LogP contribution in [0.2, 0.25) is 10.0 Å². The van der Waals surface area contributed by atoms with E-state index < -0.39 is 28.5 Å². The van der Waals surface area contributed by atoms with E-state index in [0.29, 0.717) is 23.0 Å². The fourth-order valence-corrected chi connectivity index (χ4v) is 5.84. The van der Waals surface area contributed by atoms with Crippen LogP contribution in [0.3, 0.4) is 0 Å². The minimum absolute atomic E-state index is 0.0387. The maximum absolute atomic E-state index is 14.0. The first-order valence-corrected chi connectivity index (χ1v) is 15.3. The third-order valence-electron chi connectivity index (χ3n) is 6.32. The van der Waals surface area contributed by atoms with Crippen LogP contribution >= 0.6 is 23.2 Å². The molecule has 0 aliphatic rings. The second kappa shape index (κ2) is 14.0. The lowest BCUT2D eigenvalue weighted by molar-refractivity contribution is -0.140. The lowest BCUT2D eigenvalue weighted by Gasteiger charge is -2.33. The molecule has 1 atom stereocenters. The van der Waals surface area contributed by atoms with Gasteiger partial charge in [0.2, 0.25) is 11.8 Å². The van der Waals surface area contributed by atoms with Gasteiger partial charge in [-0.2, -0.15) is 0 Å². The molecule has 0 spiro atoms. The van der Waals surface area contributed by atoms with E-state index in [0.717, 1.165) is 15.4 Å². The summed E-state index contributed by atoms with van der Waals surface area (Å²) in [5.41, 5.74) is 1.89. The van der Waals surface area contributed by atoms with Gasteiger partial charge in [0.15, 0.2) is 0 Å². The van der Waals surface area contributed by atoms with Gasteiger partial charge in [-0.3, -0.25) is 13.9 Å². The molecule has 0 saturated heterocycles. The van der Waals surface area contributed by atoms with Crippen LogP contribution in [0.5, 0.6) is 0 Å². The molecule has 40 heavy (non-hydrogen) atoms. The number of hydrogen-bond donors (Lipinski definition) is 1. The molecule has 7 nitrogen and oxygen atoms in total. The maximum atomic E-state index is 14.0. The summed E-state index contributed by atoms with van der Waals surface area (Å²) in [6.45, 7) is 7.66. The molecule has 3 aromatic rings. The van der Waals surface area contributed by atoms with Gasteiger partial charge in [-0.1, -0.05) is 79.9 Å². The second-order valence-electron chi connectivity index (χ2n) is 10.0. The number of sulfonamides is 1. The first-order chi connectivity index (χ1) is 18.9. The molecule has 3 rings (SSSR count). The highest BCUT2D eigenvalue weighted by Crippen LogP contribution is 2.27. The van der Waals surface area contributed by atoms with Crippen molar-refractivity contribution in [2.45, 2.75) is 51.6 Å². The fraction of sp³-hybridized carbons (Fsp3) is 0.333. The molecule has 3 aromatic carbocycles. The van der Waals surface area contributed by atoms with Crippen LogP contribution in [0, 0.1) is 12.8 Å². The zero-order valence-electron chi connectivity index (χ0n) is 23.1. The molecule has 0 aromatic heterocycles. The van der Waals surface area contributed by atoms with Crippen molar-refractivity contribution in [3.63, 3.8) is 0 Å². The molecule has 0 bridgehead atoms. The minimum atomic E-state index is -4.16. The van der Waals surface area contributed by atoms with E-state index in [1.807, 2.05) is 27.7 Å². The third kappa shape index (κ3) is 8.22. The Hall–Kier alpha value is -3.07. The zero-order chi connectivity index (χ0) is 29.4. The van der Waals surface area contributed by atoms with Gasteiger partial charge >= 0.3 is 0 Å². The van der Waals surface area contributed by atoms with E-state index in [-0.39, 0.29) is 29.0 Å². The number of hydrogen-bond acceptors (Lipinski definition) is 4. The normalized spacial score (nSPS) is 12.2. The number of rotatable bonds is 12. The average Bonchev–Trinajstić information content (AvgIpc) is 2.91. The minimum Gasteiger partial charge on any atom is -0.354 e. The van der Waals surface area contributed by atoms with Gasteiger partial charge < -0.3 is 10.2 Å². The van der Waals surface area contributed by atoms with Crippen LogP contribution in [-0.2, 0) is 26.2 Å². The number of aryl methyl sites for hydroxylation is 1. The van der Waals surface area contributed by atoms with Crippen molar-refractivity contribution >= 4 is 50.7 Å². The Kier molecular flexibility index (Phi) is 11.0. The Balaban J connectivity index is 2.04. The van der Waals surface area contributed by atoms with Gasteiger partial charge in [-0.05, 0) is 67.3 Å². The number of amides is 2. The Morgan fingerprint density at radius 3 is 2.15 bits per heavy atom. The molecular formula is C30H35Cl2N3O4S. The van der Waals surface area contributed by atoms with E-state index in [4.69, 9.17) is 23.2 Å². The monoisotopic (exact) mass is 603 g/mol. The standard InChI is InChI=1S/C30H35Cl2N3O4S/c1-5-28(30(37)33-18-21(2)3)34(19-23-11-13-24(31)14-12-23)29(36)20-35(26-8-6-7-25(32)17-26)40(38,39)27-15-9-22(4)10-16-27/h6-17,21,28H,5,18-20H2,1-4H3,(H,33,37). The number of anilines is 1. The second-order valence-corrected chi connectivity index (χ2v) is 12.8. The summed E-state index contributed by atoms with van der Waals surface area (Å²) in [5.74, 6) is -0.605. The molecule has 0 radical (unpaired) electrons. The molecule has 0 heterocycles. The summed E-state index contributed by atoms with van der Waals surface area (Å²) < 4.78 is 28.8. The van der Waals surface area contributed by atoms with Crippen LogP contribution in [0.25, 0.3) is 0 Å². The predicted octanol–water partition coefficient (Wildman–Crippen LogP) is 6.08. The summed E-state index contributed by atoms with van der Waals surface area (Å²) in [6, 6.07) is 18.9. The summed E-state index contributed by atoms with van der Waals surface area (Å²) in [7, 11) is -4.16. The third-order valence-corrected chi connectivity index (χ3v) is 8.60. The fourth-order valence-electron chi connectivity index (χ4n) is 4.13. The van der Waals surface area contributed by atoms with E-state index in [2.05, 4.69) is 5.32 Å². The van der Waals surface area contributed by atoms with Crippen molar-refractivity contribution in [1.82, 2.24) is 10.2 Å². The number of carbonyl (C=O) groups excluding carboxylic acids is 2. The molecule has 0 aliphatic heterocycles. The molecule has 2 amide bonds. The average molecular weight is 605 g/mol. The SMILES string of the molecule is CCC(C(=O)NCC(C)C)N(Cc1ccc(Cl)cc1)C(=O)CN(c1cccc(Cl)c1)S(=O)(=O)c1ccc(C)cc1. The van der Waals surface area contributed by atoms with E-state index in [1.54, 1.807) is 54.6 Å². The van der Waals surface area contributed by atoms with Crippen molar-refractivity contribution in [3.8, 4) is 0 Å². The van der Waals surface area contributed by atoms with E-state index in [1.165, 1.54) is 23.1 Å². The van der Waals surface area contributed by atoms with Gasteiger partial charge in [0.1, 0.15) is 12.6 Å². The summed E-state index contributed by atoms with van der Waals surface area (Å²) in [5, 5.41) is 3.78. The zero-order valence-corrected chi connectivity index (χ0v) is 25.4. The van der Waals surface area contributed by atoms with Gasteiger partial charge in [-0.15, -0.1) is 0 Å². The van der Waals surface area contributed by atoms with Crippen molar-refractivity contribution in [1.29, 1.82) is 0 Å². The number of halogens is 2. The number of nitrogens with one attached hydrogen (secondary N) is 1. The van der Waals surface area contributed by atoms with Gasteiger partial charge in [-0.25, -0.2) is 8.42 Å². The van der Waals surface area contributed by atoms with Crippen molar-refractivity contribution in [3.05, 3.63) is 94.0 Å². The molecular weight excluding hydrogens is 569 g/mol. The number of carbonyl (C=O) groups is 2. The lowest BCUT2D eigenvalue weighted by atomic mass is 10.1. The predicted molar refractivity (Wildman–Crippen MR) is 161 cm³/mol. The Labute approximate surface area is 247 Å². The smallest absolute Gasteiger partial charge is 0.264 e. The summed E-state index contributed by atoms with van der Waals surface area (Å²) in [4.78, 5) is 28.8. The first-order valence-electron chi connectivity index (χ1n) is 13.1. The molecule has 0 fully saturated rings. The lowest BCUT2D eigenvalue weighted by Crippen LogP contribution is -2.52. The topological polar surface area (TPSA) is 86.8 Å². The highest BCUT2D eigenvalue weighted by Gasteiger charge is 2.33. The number of benzene rings is 3. The molecule has 214 valence electrons. The van der Waals surface area contributed by atoms with Crippen molar-refractivity contribution in [2.24, 2.45) is 5.92 Å². The Bertz CT molecular complexity index is 1410. The summed E-state index contributed by atoms with van der Waals surface area (Å²) >= 11 is 12.3. The number of nitrogens with zero attached hydrogens (tertiary/aromatic N) is 2. The molecule has 1 N–H and O–H groups in total. The van der Waals surface area contributed by atoms with Crippen molar-refractivity contribution < 1.29 is 18.0 Å².